The van der Waals surface area contributed by atoms with Gasteiger partial charge in [0.15, 0.2) is 0 Å². The summed E-state index contributed by atoms with van der Waals surface area (Å²) in [5.74, 6) is 0. The molecule has 0 atom stereocenters. The average Bonchev–Trinajstić information content (AvgIpc) is 2.46. The maximum Gasteiger partial charge on any atom is 0.326 e. The lowest BCUT2D eigenvalue weighted by molar-refractivity contribution is 0.253. The molecular weight excluding hydrogens is 298 g/mol. The second kappa shape index (κ2) is 9.19. The topological polar surface area (TPSA) is 66.4 Å². The molecule has 1 heterocycles. The molecule has 0 unspecified atom stereocenters. The highest BCUT2D eigenvalue weighted by Gasteiger charge is 2.13. The van der Waals surface area contributed by atoms with Gasteiger partial charge < -0.3 is 14.2 Å². The quantitative estimate of drug-likeness (QED) is 0.354. The summed E-state index contributed by atoms with van der Waals surface area (Å²) in [6.07, 6.45) is 4.21. The lowest BCUT2D eigenvalue weighted by Crippen LogP contribution is -2.20. The van der Waals surface area contributed by atoms with Gasteiger partial charge in [0, 0.05) is 8.07 Å². The third-order valence-corrected chi connectivity index (χ3v) is 4.39. The summed E-state index contributed by atoms with van der Waals surface area (Å²) in [5, 5.41) is 0. The van der Waals surface area contributed by atoms with Crippen molar-refractivity contribution in [3.05, 3.63) is 25.3 Å². The molecule has 0 N–H and O–H groups in total. The molecule has 1 rings (SSSR count). The molecule has 0 aliphatic heterocycles. The first-order valence-corrected chi connectivity index (χ1v) is 11.0. The third kappa shape index (κ3) is 7.77. The van der Waals surface area contributed by atoms with Crippen LogP contribution in [0.2, 0.25) is 25.7 Å². The molecule has 0 amide bonds. The fraction of sp³-hybridized carbons (Fsp3) is 0.533. The van der Waals surface area contributed by atoms with E-state index in [0.717, 1.165) is 6.42 Å². The van der Waals surface area contributed by atoms with E-state index in [0.29, 0.717) is 19.8 Å². The smallest absolute Gasteiger partial charge is 0.326 e. The van der Waals surface area contributed by atoms with Gasteiger partial charge in [-0.15, -0.1) is 15.0 Å². The number of hydrogen-bond acceptors (Lipinski definition) is 6. The minimum Gasteiger partial charge on any atom is -0.463 e. The highest BCUT2D eigenvalue weighted by molar-refractivity contribution is 6.76. The molecule has 1 aromatic rings. The zero-order valence-corrected chi connectivity index (χ0v) is 14.7. The van der Waals surface area contributed by atoms with E-state index in [2.05, 4.69) is 47.8 Å². The van der Waals surface area contributed by atoms with Crippen LogP contribution in [0, 0.1) is 0 Å². The largest absolute Gasteiger partial charge is 0.463 e. The van der Waals surface area contributed by atoms with E-state index >= 15 is 0 Å². The van der Waals surface area contributed by atoms with Crippen molar-refractivity contribution < 1.29 is 14.2 Å². The summed E-state index contributed by atoms with van der Waals surface area (Å²) in [5.41, 5.74) is 0. The highest BCUT2D eigenvalue weighted by Crippen LogP contribution is 2.16. The van der Waals surface area contributed by atoms with Crippen molar-refractivity contribution in [3.8, 4) is 18.0 Å². The van der Waals surface area contributed by atoms with Crippen molar-refractivity contribution in [2.45, 2.75) is 32.1 Å². The van der Waals surface area contributed by atoms with E-state index in [9.17, 15) is 0 Å². The normalized spacial score (nSPS) is 10.9. The molecule has 0 aliphatic carbocycles. The summed E-state index contributed by atoms with van der Waals surface area (Å²) >= 11 is 0. The fourth-order valence-electron chi connectivity index (χ4n) is 1.55. The summed E-state index contributed by atoms with van der Waals surface area (Å²) < 4.78 is 16.2. The third-order valence-electron chi connectivity index (χ3n) is 2.54. The van der Waals surface area contributed by atoms with Crippen LogP contribution in [0.4, 0.5) is 0 Å². The minimum absolute atomic E-state index is 0.161. The molecule has 122 valence electrons. The van der Waals surface area contributed by atoms with Gasteiger partial charge in [0.25, 0.3) is 0 Å². The molecule has 0 spiro atoms. The van der Waals surface area contributed by atoms with E-state index in [4.69, 9.17) is 14.2 Å². The molecule has 0 fully saturated rings. The van der Waals surface area contributed by atoms with Crippen LogP contribution in [0.1, 0.15) is 6.42 Å². The van der Waals surface area contributed by atoms with Gasteiger partial charge in [-0.1, -0.05) is 51.0 Å². The van der Waals surface area contributed by atoms with Gasteiger partial charge in [0.05, 0.1) is 6.61 Å². The predicted octanol–water partition coefficient (Wildman–Crippen LogP) is 3.11. The van der Waals surface area contributed by atoms with Gasteiger partial charge in [-0.2, -0.15) is 0 Å². The Hall–Kier alpha value is -1.89. The average molecular weight is 323 g/mol. The number of ether oxygens (including phenoxy) is 3. The van der Waals surface area contributed by atoms with E-state index in [1.54, 1.807) is 12.2 Å². The molecule has 0 saturated heterocycles. The summed E-state index contributed by atoms with van der Waals surface area (Å²) in [6.45, 7) is 15.3. The van der Waals surface area contributed by atoms with Gasteiger partial charge in [-0.05, 0) is 6.42 Å². The maximum atomic E-state index is 5.59. The number of hydrogen-bond donors (Lipinski definition) is 0. The molecule has 22 heavy (non-hydrogen) atoms. The van der Waals surface area contributed by atoms with Crippen LogP contribution in [0.3, 0.4) is 0 Å². The second-order valence-corrected chi connectivity index (χ2v) is 11.5. The minimum atomic E-state index is -1.06. The Bertz CT molecular complexity index is 459. The first-order valence-electron chi connectivity index (χ1n) is 7.31. The number of aromatic nitrogens is 3. The Morgan fingerprint density at radius 2 is 1.32 bits per heavy atom. The Kier molecular flexibility index (Phi) is 7.59. The van der Waals surface area contributed by atoms with Crippen molar-refractivity contribution in [1.29, 1.82) is 0 Å². The summed E-state index contributed by atoms with van der Waals surface area (Å²) in [4.78, 5) is 12.2. The van der Waals surface area contributed by atoms with E-state index in [1.807, 2.05) is 0 Å². The summed E-state index contributed by atoms with van der Waals surface area (Å²) in [7, 11) is -1.06. The Labute approximate surface area is 133 Å². The highest BCUT2D eigenvalue weighted by atomic mass is 28.3. The number of nitrogens with zero attached hydrogens (tertiary/aromatic N) is 3. The molecule has 0 radical (unpaired) electrons. The van der Waals surface area contributed by atoms with E-state index in [-0.39, 0.29) is 18.0 Å². The van der Waals surface area contributed by atoms with Gasteiger partial charge in [-0.25, -0.2) is 0 Å². The van der Waals surface area contributed by atoms with Crippen molar-refractivity contribution in [3.63, 3.8) is 0 Å². The number of rotatable bonds is 11. The Morgan fingerprint density at radius 3 is 1.73 bits per heavy atom. The predicted molar refractivity (Wildman–Crippen MR) is 89.5 cm³/mol. The van der Waals surface area contributed by atoms with E-state index < -0.39 is 8.07 Å². The molecule has 0 aromatic carbocycles. The molecule has 0 aliphatic rings. The van der Waals surface area contributed by atoms with Crippen LogP contribution in [-0.4, -0.2) is 42.8 Å². The van der Waals surface area contributed by atoms with Crippen molar-refractivity contribution in [2.24, 2.45) is 0 Å². The molecule has 0 saturated carbocycles. The van der Waals surface area contributed by atoms with Crippen molar-refractivity contribution in [1.82, 2.24) is 15.0 Å². The first kappa shape index (κ1) is 18.2. The van der Waals surface area contributed by atoms with Crippen molar-refractivity contribution >= 4 is 8.07 Å². The van der Waals surface area contributed by atoms with Crippen molar-refractivity contribution in [2.75, 3.05) is 19.8 Å². The van der Waals surface area contributed by atoms with Crippen LogP contribution in [0.15, 0.2) is 25.3 Å². The van der Waals surface area contributed by atoms with Gasteiger partial charge in [0.2, 0.25) is 0 Å². The zero-order chi connectivity index (χ0) is 16.4. The summed E-state index contributed by atoms with van der Waals surface area (Å²) in [6, 6.07) is 1.73. The lowest BCUT2D eigenvalue weighted by Gasteiger charge is -2.15. The maximum absolute atomic E-state index is 5.59. The van der Waals surface area contributed by atoms with Crippen LogP contribution >= 0.6 is 0 Å². The van der Waals surface area contributed by atoms with Crippen LogP contribution in [0.5, 0.6) is 18.0 Å². The van der Waals surface area contributed by atoms with Gasteiger partial charge >= 0.3 is 18.0 Å². The van der Waals surface area contributed by atoms with E-state index in [1.165, 1.54) is 6.04 Å². The SMILES string of the molecule is C=CCOc1nc(OCC=C)nc(OCCC[Si](C)(C)C)n1. The molecule has 7 heteroatoms. The molecule has 1 aromatic heterocycles. The fourth-order valence-corrected chi connectivity index (χ4v) is 2.75. The molecule has 0 bridgehead atoms. The second-order valence-electron chi connectivity index (χ2n) is 5.90. The van der Waals surface area contributed by atoms with Gasteiger partial charge in [-0.3, -0.25) is 0 Å². The standard InChI is InChI=1S/C15H25N3O3Si/c1-6-9-19-13-16-14(20-10-7-2)18-15(17-13)21-11-8-12-22(3,4)5/h6-7H,1-2,8-12H2,3-5H3. The molecule has 6 nitrogen and oxygen atoms in total. The zero-order valence-electron chi connectivity index (χ0n) is 13.7. The van der Waals surface area contributed by atoms with Crippen LogP contribution in [-0.2, 0) is 0 Å². The Morgan fingerprint density at radius 1 is 0.864 bits per heavy atom. The Balaban J connectivity index is 2.65. The van der Waals surface area contributed by atoms with Gasteiger partial charge in [0.1, 0.15) is 13.2 Å². The molecular formula is C15H25N3O3Si. The van der Waals surface area contributed by atoms with Crippen LogP contribution < -0.4 is 14.2 Å². The monoisotopic (exact) mass is 323 g/mol. The first-order chi connectivity index (χ1) is 10.4. The lowest BCUT2D eigenvalue weighted by atomic mass is 10.5. The van der Waals surface area contributed by atoms with Crippen LogP contribution in [0.25, 0.3) is 0 Å².